The molecule has 0 spiro atoms. The molecule has 170 valence electrons. The van der Waals surface area contributed by atoms with Crippen molar-refractivity contribution < 1.29 is 0 Å². The van der Waals surface area contributed by atoms with Crippen LogP contribution in [0.15, 0.2) is 47.6 Å². The van der Waals surface area contributed by atoms with Crippen molar-refractivity contribution in [2.24, 2.45) is 16.3 Å². The summed E-state index contributed by atoms with van der Waals surface area (Å²) in [7, 11) is 1.71. The Morgan fingerprint density at radius 1 is 1.16 bits per heavy atom. The molecule has 0 saturated heterocycles. The topological polar surface area (TPSA) is 94.0 Å². The van der Waals surface area contributed by atoms with E-state index in [1.165, 1.54) is 0 Å². The van der Waals surface area contributed by atoms with Crippen LogP contribution >= 0.6 is 0 Å². The third kappa shape index (κ3) is 6.01. The first-order valence-electron chi connectivity index (χ1n) is 11.2. The van der Waals surface area contributed by atoms with E-state index in [0.717, 1.165) is 59.8 Å². The minimum absolute atomic E-state index is 0.131. The van der Waals surface area contributed by atoms with Crippen LogP contribution in [0.3, 0.4) is 0 Å². The summed E-state index contributed by atoms with van der Waals surface area (Å²) in [6.45, 7) is 9.70. The van der Waals surface area contributed by atoms with Gasteiger partial charge in [0.05, 0.1) is 5.69 Å². The fraction of sp³-hybridized carbons (Fsp3) is 0.440. The number of amidine groups is 1. The van der Waals surface area contributed by atoms with Gasteiger partial charge in [0, 0.05) is 43.8 Å². The van der Waals surface area contributed by atoms with E-state index in [0.29, 0.717) is 12.3 Å². The van der Waals surface area contributed by atoms with E-state index in [9.17, 15) is 0 Å². The summed E-state index contributed by atoms with van der Waals surface area (Å²) in [5.74, 6) is 8.20. The lowest BCUT2D eigenvalue weighted by molar-refractivity contribution is 0.318. The Labute approximate surface area is 191 Å². The summed E-state index contributed by atoms with van der Waals surface area (Å²) in [4.78, 5) is 13.8. The Kier molecular flexibility index (Phi) is 7.75. The van der Waals surface area contributed by atoms with Gasteiger partial charge in [-0.1, -0.05) is 64.4 Å². The largest absolute Gasteiger partial charge is 0.308 e. The lowest BCUT2D eigenvalue weighted by Crippen LogP contribution is -2.31. The zero-order valence-electron chi connectivity index (χ0n) is 19.9. The minimum Gasteiger partial charge on any atom is -0.308 e. The normalized spacial score (nSPS) is 12.2. The Balaban J connectivity index is 1.86. The molecule has 3 rings (SSSR count). The smallest absolute Gasteiger partial charge is 0.150 e. The van der Waals surface area contributed by atoms with Crippen molar-refractivity contribution in [2.45, 2.75) is 59.9 Å². The van der Waals surface area contributed by atoms with E-state index in [1.807, 2.05) is 36.5 Å². The zero-order valence-corrected chi connectivity index (χ0v) is 19.9. The highest BCUT2D eigenvalue weighted by Crippen LogP contribution is 2.23. The van der Waals surface area contributed by atoms with E-state index in [1.54, 1.807) is 7.05 Å². The molecule has 0 aliphatic heterocycles. The number of nitrogens with zero attached hydrogens (tertiary/aromatic N) is 5. The zero-order chi connectivity index (χ0) is 23.1. The molecule has 0 bridgehead atoms. The van der Waals surface area contributed by atoms with Gasteiger partial charge in [-0.2, -0.15) is 5.10 Å². The molecule has 1 aromatic carbocycles. The lowest BCUT2D eigenvalue weighted by Gasteiger charge is -2.19. The summed E-state index contributed by atoms with van der Waals surface area (Å²) < 4.78 is 2.07. The lowest BCUT2D eigenvalue weighted by atomic mass is 9.97. The highest BCUT2D eigenvalue weighted by Gasteiger charge is 2.18. The number of nitrogens with one attached hydrogen (secondary N) is 1. The Morgan fingerprint density at radius 2 is 1.94 bits per heavy atom. The Morgan fingerprint density at radius 3 is 2.56 bits per heavy atom. The van der Waals surface area contributed by atoms with Crippen LogP contribution in [0.5, 0.6) is 0 Å². The van der Waals surface area contributed by atoms with E-state index < -0.39 is 0 Å². The molecule has 0 saturated carbocycles. The fourth-order valence-electron chi connectivity index (χ4n) is 3.62. The number of hydrogen-bond donors (Lipinski definition) is 2. The number of pyridine rings is 1. The van der Waals surface area contributed by atoms with E-state index in [4.69, 9.17) is 20.9 Å². The Bertz CT molecular complexity index is 1040. The second kappa shape index (κ2) is 10.5. The molecular formula is C25H35N7. The molecule has 2 aromatic heterocycles. The van der Waals surface area contributed by atoms with Crippen molar-refractivity contribution in [3.05, 3.63) is 65.4 Å². The highest BCUT2D eigenvalue weighted by atomic mass is 15.3. The Hall–Kier alpha value is -3.06. The van der Waals surface area contributed by atoms with Gasteiger partial charge in [0.2, 0.25) is 0 Å². The molecule has 0 aliphatic carbocycles. The third-order valence-corrected chi connectivity index (χ3v) is 5.18. The van der Waals surface area contributed by atoms with Crippen LogP contribution in [-0.4, -0.2) is 32.6 Å². The quantitative estimate of drug-likeness (QED) is 0.241. The summed E-state index contributed by atoms with van der Waals surface area (Å²) in [6.07, 6.45) is 5.79. The van der Waals surface area contributed by atoms with Crippen LogP contribution in [0.2, 0.25) is 0 Å². The number of hydrazine groups is 1. The number of rotatable bonds is 8. The minimum atomic E-state index is 0.131. The van der Waals surface area contributed by atoms with Crippen molar-refractivity contribution in [1.29, 1.82) is 0 Å². The molecular weight excluding hydrogens is 398 g/mol. The summed E-state index contributed by atoms with van der Waals surface area (Å²) in [6, 6.07) is 12.1. The van der Waals surface area contributed by atoms with E-state index in [2.05, 4.69) is 48.9 Å². The number of aryl methyl sites for hydroxylation is 1. The third-order valence-electron chi connectivity index (χ3n) is 5.18. The van der Waals surface area contributed by atoms with Crippen LogP contribution in [0, 0.1) is 5.41 Å². The van der Waals surface area contributed by atoms with Crippen molar-refractivity contribution >= 4 is 5.84 Å². The van der Waals surface area contributed by atoms with Crippen molar-refractivity contribution in [1.82, 2.24) is 25.2 Å². The van der Waals surface area contributed by atoms with E-state index >= 15 is 0 Å². The average Bonchev–Trinajstić information content (AvgIpc) is 3.13. The predicted molar refractivity (Wildman–Crippen MR) is 130 cm³/mol. The van der Waals surface area contributed by atoms with Crippen LogP contribution in [0.25, 0.3) is 11.3 Å². The van der Waals surface area contributed by atoms with Gasteiger partial charge in [-0.15, -0.1) is 0 Å². The number of nitrogens with two attached hydrogens (primary N) is 1. The van der Waals surface area contributed by atoms with Gasteiger partial charge in [0.25, 0.3) is 0 Å². The molecule has 3 N–H and O–H groups in total. The number of benzene rings is 1. The molecule has 0 fully saturated rings. The van der Waals surface area contributed by atoms with Crippen LogP contribution in [0.4, 0.5) is 0 Å². The number of aromatic nitrogens is 4. The van der Waals surface area contributed by atoms with Crippen LogP contribution < -0.4 is 11.3 Å². The van der Waals surface area contributed by atoms with Gasteiger partial charge in [-0.25, -0.2) is 15.5 Å². The van der Waals surface area contributed by atoms with Gasteiger partial charge in [-0.05, 0) is 23.5 Å². The van der Waals surface area contributed by atoms with Gasteiger partial charge in [0.1, 0.15) is 11.7 Å². The van der Waals surface area contributed by atoms with Gasteiger partial charge in [-0.3, -0.25) is 9.98 Å². The predicted octanol–water partition coefficient (Wildman–Crippen LogP) is 4.16. The maximum absolute atomic E-state index is 5.65. The van der Waals surface area contributed by atoms with Crippen LogP contribution in [-0.2, 0) is 19.4 Å². The molecule has 7 nitrogen and oxygen atoms in total. The molecule has 0 aliphatic rings. The SMILES string of the molecule is CCCCc1nc(Cc2ccc(-c3ccccc3C(=NC)NN)nc2)n(CC(C)(C)C)n1. The monoisotopic (exact) mass is 433 g/mol. The molecule has 32 heavy (non-hydrogen) atoms. The van der Waals surface area contributed by atoms with Crippen molar-refractivity contribution in [2.75, 3.05) is 7.05 Å². The molecule has 3 aromatic rings. The van der Waals surface area contributed by atoms with Gasteiger partial charge >= 0.3 is 0 Å². The molecule has 0 radical (unpaired) electrons. The number of unbranched alkanes of at least 4 members (excludes halogenated alkanes) is 1. The standard InChI is InChI=1S/C25H35N7/c1-6-7-12-22-29-23(32(31-22)17-25(2,3)4)15-18-13-14-21(28-16-18)19-10-8-9-11-20(19)24(27-5)30-26/h8-11,13-14,16H,6-7,12,15,17,26H2,1-5H3,(H,27,30). The van der Waals surface area contributed by atoms with Crippen molar-refractivity contribution in [3.63, 3.8) is 0 Å². The van der Waals surface area contributed by atoms with E-state index in [-0.39, 0.29) is 5.41 Å². The number of hydrogen-bond acceptors (Lipinski definition) is 5. The second-order valence-corrected chi connectivity index (χ2v) is 9.26. The first kappa shape index (κ1) is 23.6. The first-order valence-corrected chi connectivity index (χ1v) is 11.2. The van der Waals surface area contributed by atoms with Crippen LogP contribution in [0.1, 0.15) is 63.3 Å². The van der Waals surface area contributed by atoms with Crippen molar-refractivity contribution in [3.8, 4) is 11.3 Å². The maximum Gasteiger partial charge on any atom is 0.150 e. The second-order valence-electron chi connectivity index (χ2n) is 9.26. The fourth-order valence-corrected chi connectivity index (χ4v) is 3.62. The average molecular weight is 434 g/mol. The molecule has 2 heterocycles. The maximum atomic E-state index is 5.65. The first-order chi connectivity index (χ1) is 15.3. The molecule has 0 amide bonds. The highest BCUT2D eigenvalue weighted by molar-refractivity contribution is 6.03. The molecule has 7 heteroatoms. The molecule has 0 atom stereocenters. The molecule has 0 unspecified atom stereocenters. The summed E-state index contributed by atoms with van der Waals surface area (Å²) >= 11 is 0. The van der Waals surface area contributed by atoms with Gasteiger partial charge in [0.15, 0.2) is 5.82 Å². The summed E-state index contributed by atoms with van der Waals surface area (Å²) in [5.41, 5.74) is 6.68. The van der Waals surface area contributed by atoms with Gasteiger partial charge < -0.3 is 5.43 Å². The number of aliphatic imine (C=N–C) groups is 1. The summed E-state index contributed by atoms with van der Waals surface area (Å²) in [5, 5.41) is 4.80.